The number of fused-ring (bicyclic) bond motifs is 1. The fraction of sp³-hybridized carbons (Fsp3) is 0.333. The summed E-state index contributed by atoms with van der Waals surface area (Å²) >= 11 is 0. The maximum absolute atomic E-state index is 8.87. The van der Waals surface area contributed by atoms with E-state index in [4.69, 9.17) is 9.84 Å². The third-order valence-corrected chi connectivity index (χ3v) is 1.91. The Kier molecular flexibility index (Phi) is 3.39. The smallest absolute Gasteiger partial charge is 0.142 e. The van der Waals surface area contributed by atoms with E-state index in [0.717, 1.165) is 11.4 Å². The summed E-state index contributed by atoms with van der Waals surface area (Å²) in [6.45, 7) is 0.641. The van der Waals surface area contributed by atoms with Crippen molar-refractivity contribution >= 4 is 18.1 Å². The normalized spacial score (nSPS) is 19.0. The molecule has 0 saturated carbocycles. The molecule has 0 saturated heterocycles. The lowest BCUT2D eigenvalue weighted by Crippen LogP contribution is -2.34. The zero-order chi connectivity index (χ0) is 8.39. The van der Waals surface area contributed by atoms with Crippen LogP contribution in [0, 0.1) is 0 Å². The van der Waals surface area contributed by atoms with Gasteiger partial charge in [0.25, 0.3) is 0 Å². The maximum Gasteiger partial charge on any atom is 0.142 e. The number of aliphatic hydroxyl groups excluding tert-OH is 1. The second-order valence-corrected chi connectivity index (χ2v) is 2.83. The summed E-state index contributed by atoms with van der Waals surface area (Å²) in [4.78, 5) is 0. The van der Waals surface area contributed by atoms with Crippen LogP contribution in [-0.2, 0) is 0 Å². The van der Waals surface area contributed by atoms with E-state index in [2.05, 4.69) is 5.32 Å². The monoisotopic (exact) mass is 201 g/mol. The van der Waals surface area contributed by atoms with Crippen molar-refractivity contribution in [3.63, 3.8) is 0 Å². The standard InChI is InChI=1S/C9H11NO2.ClH/c11-5-7-6-12-9-4-2-1-3-8(9)10-7;/h1-4,7,10-11H,5-6H2;1H. The number of hydrogen-bond donors (Lipinski definition) is 2. The predicted octanol–water partition coefficient (Wildman–Crippen LogP) is 1.27. The van der Waals surface area contributed by atoms with E-state index in [1.165, 1.54) is 0 Å². The summed E-state index contributed by atoms with van der Waals surface area (Å²) < 4.78 is 5.40. The van der Waals surface area contributed by atoms with Gasteiger partial charge in [0.05, 0.1) is 18.3 Å². The quantitative estimate of drug-likeness (QED) is 0.719. The first kappa shape index (κ1) is 10.2. The summed E-state index contributed by atoms with van der Waals surface area (Å²) in [7, 11) is 0. The number of halogens is 1. The van der Waals surface area contributed by atoms with Crippen molar-refractivity contribution in [3.05, 3.63) is 24.3 Å². The highest BCUT2D eigenvalue weighted by atomic mass is 35.5. The summed E-state index contributed by atoms with van der Waals surface area (Å²) in [5.74, 6) is 0.863. The number of aliphatic hydroxyl groups is 1. The lowest BCUT2D eigenvalue weighted by Gasteiger charge is -2.25. The molecule has 1 aliphatic rings. The molecule has 1 atom stereocenters. The molecular formula is C9H12ClNO2. The lowest BCUT2D eigenvalue weighted by molar-refractivity contribution is 0.207. The largest absolute Gasteiger partial charge is 0.489 e. The van der Waals surface area contributed by atoms with Crippen molar-refractivity contribution in [2.75, 3.05) is 18.5 Å². The number of ether oxygens (including phenoxy) is 1. The van der Waals surface area contributed by atoms with Gasteiger partial charge in [0.1, 0.15) is 12.4 Å². The van der Waals surface area contributed by atoms with Crippen molar-refractivity contribution in [2.45, 2.75) is 6.04 Å². The van der Waals surface area contributed by atoms with Gasteiger partial charge in [-0.3, -0.25) is 0 Å². The van der Waals surface area contributed by atoms with Crippen LogP contribution in [0.25, 0.3) is 0 Å². The molecule has 0 spiro atoms. The Morgan fingerprint density at radius 2 is 2.23 bits per heavy atom. The van der Waals surface area contributed by atoms with Crippen LogP contribution < -0.4 is 10.1 Å². The van der Waals surface area contributed by atoms with Gasteiger partial charge in [-0.2, -0.15) is 0 Å². The molecule has 0 amide bonds. The van der Waals surface area contributed by atoms with Gasteiger partial charge < -0.3 is 15.2 Å². The zero-order valence-electron chi connectivity index (χ0n) is 7.06. The van der Waals surface area contributed by atoms with Crippen LogP contribution in [0.2, 0.25) is 0 Å². The van der Waals surface area contributed by atoms with E-state index < -0.39 is 0 Å². The molecule has 0 aromatic heterocycles. The molecule has 2 N–H and O–H groups in total. The van der Waals surface area contributed by atoms with Crippen LogP contribution >= 0.6 is 12.4 Å². The second-order valence-electron chi connectivity index (χ2n) is 2.83. The zero-order valence-corrected chi connectivity index (χ0v) is 7.88. The minimum absolute atomic E-state index is 0. The first-order valence-electron chi connectivity index (χ1n) is 3.99. The third-order valence-electron chi connectivity index (χ3n) is 1.91. The molecular weight excluding hydrogens is 190 g/mol. The Morgan fingerprint density at radius 3 is 3.00 bits per heavy atom. The van der Waals surface area contributed by atoms with Crippen LogP contribution in [0.1, 0.15) is 0 Å². The number of benzene rings is 1. The van der Waals surface area contributed by atoms with E-state index in [1.54, 1.807) is 0 Å². The summed E-state index contributed by atoms with van der Waals surface area (Å²) in [6, 6.07) is 7.75. The molecule has 1 aliphatic heterocycles. The molecule has 1 aromatic rings. The van der Waals surface area contributed by atoms with E-state index in [1.807, 2.05) is 24.3 Å². The number of anilines is 1. The van der Waals surface area contributed by atoms with Gasteiger partial charge in [0, 0.05) is 0 Å². The van der Waals surface area contributed by atoms with Gasteiger partial charge in [0.15, 0.2) is 0 Å². The van der Waals surface area contributed by atoms with Crippen LogP contribution in [-0.4, -0.2) is 24.4 Å². The highest BCUT2D eigenvalue weighted by Crippen LogP contribution is 2.27. The van der Waals surface area contributed by atoms with Crippen LogP contribution in [0.3, 0.4) is 0 Å². The molecule has 0 aliphatic carbocycles. The van der Waals surface area contributed by atoms with E-state index in [0.29, 0.717) is 6.61 Å². The summed E-state index contributed by atoms with van der Waals surface area (Å²) in [5, 5.41) is 12.0. The minimum atomic E-state index is 0. The third kappa shape index (κ3) is 2.05. The fourth-order valence-corrected chi connectivity index (χ4v) is 1.26. The molecule has 0 bridgehead atoms. The van der Waals surface area contributed by atoms with Gasteiger partial charge >= 0.3 is 0 Å². The van der Waals surface area contributed by atoms with Crippen molar-refractivity contribution in [1.82, 2.24) is 0 Å². The topological polar surface area (TPSA) is 41.5 Å². The average Bonchev–Trinajstić information content (AvgIpc) is 2.17. The van der Waals surface area contributed by atoms with Crippen molar-refractivity contribution in [3.8, 4) is 5.75 Å². The lowest BCUT2D eigenvalue weighted by atomic mass is 10.2. The first-order valence-corrected chi connectivity index (χ1v) is 3.99. The van der Waals surface area contributed by atoms with Crippen molar-refractivity contribution in [2.24, 2.45) is 0 Å². The number of para-hydroxylation sites is 2. The molecule has 1 unspecified atom stereocenters. The molecule has 0 radical (unpaired) electrons. The predicted molar refractivity (Wildman–Crippen MR) is 53.7 cm³/mol. The Hall–Kier alpha value is -0.930. The Bertz CT molecular complexity index is 280. The van der Waals surface area contributed by atoms with E-state index in [-0.39, 0.29) is 25.1 Å². The van der Waals surface area contributed by atoms with Gasteiger partial charge in [-0.05, 0) is 12.1 Å². The van der Waals surface area contributed by atoms with Gasteiger partial charge in [-0.1, -0.05) is 12.1 Å². The average molecular weight is 202 g/mol. The Labute approximate surface area is 83.1 Å². The first-order chi connectivity index (χ1) is 5.90. The summed E-state index contributed by atoms with van der Waals surface area (Å²) in [5.41, 5.74) is 0.961. The SMILES string of the molecule is Cl.OCC1COc2ccccc2N1. The number of nitrogens with one attached hydrogen (secondary N) is 1. The van der Waals surface area contributed by atoms with Gasteiger partial charge in [-0.25, -0.2) is 0 Å². The minimum Gasteiger partial charge on any atom is -0.489 e. The molecule has 1 heterocycles. The van der Waals surface area contributed by atoms with E-state index >= 15 is 0 Å². The van der Waals surface area contributed by atoms with Crippen LogP contribution in [0.15, 0.2) is 24.3 Å². The maximum atomic E-state index is 8.87. The molecule has 4 heteroatoms. The van der Waals surface area contributed by atoms with Crippen LogP contribution in [0.5, 0.6) is 5.75 Å². The van der Waals surface area contributed by atoms with Crippen molar-refractivity contribution in [1.29, 1.82) is 0 Å². The molecule has 3 nitrogen and oxygen atoms in total. The fourth-order valence-electron chi connectivity index (χ4n) is 1.26. The highest BCUT2D eigenvalue weighted by Gasteiger charge is 2.16. The number of rotatable bonds is 1. The second kappa shape index (κ2) is 4.35. The number of hydrogen-bond acceptors (Lipinski definition) is 3. The van der Waals surface area contributed by atoms with Gasteiger partial charge in [0.2, 0.25) is 0 Å². The molecule has 13 heavy (non-hydrogen) atoms. The Morgan fingerprint density at radius 1 is 1.46 bits per heavy atom. The summed E-state index contributed by atoms with van der Waals surface area (Å²) in [6.07, 6.45) is 0. The Balaban J connectivity index is 0.000000845. The van der Waals surface area contributed by atoms with Crippen molar-refractivity contribution < 1.29 is 9.84 Å². The molecule has 72 valence electrons. The molecule has 1 aromatic carbocycles. The molecule has 2 rings (SSSR count). The highest BCUT2D eigenvalue weighted by molar-refractivity contribution is 5.85. The molecule has 0 fully saturated rings. The van der Waals surface area contributed by atoms with Crippen LogP contribution in [0.4, 0.5) is 5.69 Å². The van der Waals surface area contributed by atoms with E-state index in [9.17, 15) is 0 Å². The van der Waals surface area contributed by atoms with Gasteiger partial charge in [-0.15, -0.1) is 12.4 Å².